The van der Waals surface area contributed by atoms with E-state index in [0.717, 1.165) is 5.37 Å². The molecule has 0 aliphatic heterocycles. The maximum atomic E-state index is 11.3. The minimum atomic E-state index is -0.926. The third-order valence-electron chi connectivity index (χ3n) is 0.188. The molecule has 0 saturated heterocycles. The van der Waals surface area contributed by atoms with Gasteiger partial charge < -0.3 is 0 Å². The Kier molecular flexibility index (Phi) is 2.28. The van der Waals surface area contributed by atoms with Gasteiger partial charge in [0.05, 0.1) is 0 Å². The Morgan fingerprint density at radius 3 is 2.20 bits per heavy atom. The molecule has 0 bridgehead atoms. The third kappa shape index (κ3) is 4.02. The molecule has 0 aromatic rings. The summed E-state index contributed by atoms with van der Waals surface area (Å²) in [4.78, 5) is 0. The first-order valence-electron chi connectivity index (χ1n) is 1.36. The normalized spacial score (nSPS) is 14.0. The van der Waals surface area contributed by atoms with Crippen molar-refractivity contribution in [1.29, 1.82) is 0 Å². The van der Waals surface area contributed by atoms with Crippen LogP contribution in [0.25, 0.3) is 0 Å². The minimum Gasteiger partial charge on any atom is -0.242 e. The molecule has 0 aromatic carbocycles. The van der Waals surface area contributed by atoms with E-state index in [1.807, 2.05) is 0 Å². The molecular weight excluding hydrogens is 87.1 g/mol. The van der Waals surface area contributed by atoms with Crippen molar-refractivity contribution < 1.29 is 4.39 Å². The van der Waals surface area contributed by atoms with Gasteiger partial charge in [0.2, 0.25) is 0 Å². The van der Waals surface area contributed by atoms with E-state index in [9.17, 15) is 4.39 Å². The van der Waals surface area contributed by atoms with Crippen molar-refractivity contribution in [1.82, 2.24) is 0 Å². The number of rotatable bonds is 1. The quantitative estimate of drug-likeness (QED) is 0.440. The molecule has 1 atom stereocenters. The predicted octanol–water partition coefficient (Wildman–Crippen LogP) is 1.34. The first-order valence-corrected chi connectivity index (χ1v) is 1.84. The molecule has 0 aliphatic carbocycles. The summed E-state index contributed by atoms with van der Waals surface area (Å²) in [6, 6.07) is 0. The molecule has 0 aliphatic rings. The third-order valence-corrected chi connectivity index (χ3v) is 0.563. The average Bonchev–Trinajstić information content (AvgIpc) is 1.38. The smallest absolute Gasteiger partial charge is 0.126 e. The van der Waals surface area contributed by atoms with Crippen LogP contribution in [0.3, 0.4) is 0 Å². The Balaban J connectivity index is 2.83. The van der Waals surface area contributed by atoms with Crippen LogP contribution in [0.1, 0.15) is 6.92 Å². The maximum absolute atomic E-state index is 11.3. The Hall–Kier alpha value is 0.0200. The van der Waals surface area contributed by atoms with Crippen LogP contribution in [-0.2, 0) is 0 Å². The first kappa shape index (κ1) is 5.02. The van der Waals surface area contributed by atoms with Gasteiger partial charge in [-0.1, -0.05) is 12.2 Å². The van der Waals surface area contributed by atoms with E-state index in [4.69, 9.17) is 0 Å². The van der Waals surface area contributed by atoms with Gasteiger partial charge in [0.1, 0.15) is 6.17 Å². The highest BCUT2D eigenvalue weighted by molar-refractivity contribution is 7.79. The molecule has 0 N–H and O–H groups in total. The second-order valence-electron chi connectivity index (χ2n) is 0.814. The van der Waals surface area contributed by atoms with E-state index >= 15 is 0 Å². The van der Waals surface area contributed by atoms with Crippen molar-refractivity contribution in [2.75, 3.05) is 0 Å². The average molecular weight is 92.1 g/mol. The standard InChI is InChI=1S/C3H5FS/c1-3(4)2-5/h2-3H,1H3. The van der Waals surface area contributed by atoms with Gasteiger partial charge in [-0.25, -0.2) is 4.39 Å². The minimum absolute atomic E-state index is 0.926. The van der Waals surface area contributed by atoms with Crippen molar-refractivity contribution in [3.8, 4) is 0 Å². The van der Waals surface area contributed by atoms with Crippen LogP contribution in [-0.4, -0.2) is 11.5 Å². The van der Waals surface area contributed by atoms with Crippen LogP contribution >= 0.6 is 12.2 Å². The lowest BCUT2D eigenvalue weighted by atomic mass is 10.5. The number of alkyl halides is 1. The zero-order valence-electron chi connectivity index (χ0n) is 2.94. The molecule has 0 saturated carbocycles. The molecule has 1 unspecified atom stereocenters. The van der Waals surface area contributed by atoms with Gasteiger partial charge in [0, 0.05) is 5.37 Å². The van der Waals surface area contributed by atoms with E-state index in [1.165, 1.54) is 6.92 Å². The second-order valence-corrected chi connectivity index (χ2v) is 1.09. The molecule has 0 radical (unpaired) electrons. The molecule has 30 valence electrons. The topological polar surface area (TPSA) is 0 Å². The van der Waals surface area contributed by atoms with Gasteiger partial charge in [0.15, 0.2) is 0 Å². The fourth-order valence-electron chi connectivity index (χ4n) is 0. The summed E-state index contributed by atoms with van der Waals surface area (Å²) in [7, 11) is 0. The molecule has 0 nitrogen and oxygen atoms in total. The van der Waals surface area contributed by atoms with E-state index in [0.29, 0.717) is 0 Å². The summed E-state index contributed by atoms with van der Waals surface area (Å²) < 4.78 is 11.3. The summed E-state index contributed by atoms with van der Waals surface area (Å²) in [5.41, 5.74) is 0. The molecule has 0 amide bonds. The van der Waals surface area contributed by atoms with Crippen LogP contribution in [0.2, 0.25) is 0 Å². The van der Waals surface area contributed by atoms with Gasteiger partial charge in [-0.3, -0.25) is 0 Å². The van der Waals surface area contributed by atoms with Crippen LogP contribution in [0.5, 0.6) is 0 Å². The second kappa shape index (κ2) is 2.27. The Bertz CT molecular complexity index is 33.9. The highest BCUT2D eigenvalue weighted by Crippen LogP contribution is 1.77. The van der Waals surface area contributed by atoms with Crippen LogP contribution in [0.4, 0.5) is 4.39 Å². The lowest BCUT2D eigenvalue weighted by Gasteiger charge is -1.77. The summed E-state index contributed by atoms with van der Waals surface area (Å²) in [6.45, 7) is 1.40. The zero-order valence-corrected chi connectivity index (χ0v) is 3.76. The fourth-order valence-corrected chi connectivity index (χ4v) is 0. The molecule has 0 fully saturated rings. The first-order chi connectivity index (χ1) is 2.27. The molecule has 2 heteroatoms. The van der Waals surface area contributed by atoms with E-state index in [1.54, 1.807) is 0 Å². The molecule has 0 aromatic heterocycles. The zero-order chi connectivity index (χ0) is 4.28. The fraction of sp³-hybridized carbons (Fsp3) is 0.667. The Morgan fingerprint density at radius 2 is 2.20 bits per heavy atom. The van der Waals surface area contributed by atoms with Crippen molar-refractivity contribution in [3.05, 3.63) is 0 Å². The van der Waals surface area contributed by atoms with Crippen LogP contribution in [0, 0.1) is 0 Å². The number of thiocarbonyl (C=S) groups is 1. The number of hydrogen-bond donors (Lipinski definition) is 0. The largest absolute Gasteiger partial charge is 0.242 e. The summed E-state index contributed by atoms with van der Waals surface area (Å²) in [5.74, 6) is 0. The van der Waals surface area contributed by atoms with Gasteiger partial charge in [0.25, 0.3) is 0 Å². The molecule has 0 heterocycles. The van der Waals surface area contributed by atoms with Crippen molar-refractivity contribution in [2.24, 2.45) is 0 Å². The SMILES string of the molecule is CC(F)C=S. The highest BCUT2D eigenvalue weighted by atomic mass is 32.1. The molecule has 0 rings (SSSR count). The molecular formula is C3H5FS. The number of hydrogen-bond acceptors (Lipinski definition) is 1. The van der Waals surface area contributed by atoms with Gasteiger partial charge >= 0.3 is 0 Å². The van der Waals surface area contributed by atoms with Gasteiger partial charge in [-0.2, -0.15) is 0 Å². The van der Waals surface area contributed by atoms with E-state index < -0.39 is 6.17 Å². The predicted molar refractivity (Wildman–Crippen MR) is 24.2 cm³/mol. The molecule has 0 spiro atoms. The van der Waals surface area contributed by atoms with Gasteiger partial charge in [-0.05, 0) is 6.92 Å². The maximum Gasteiger partial charge on any atom is 0.126 e. The summed E-state index contributed by atoms with van der Waals surface area (Å²) in [5, 5.41) is 1.08. The van der Waals surface area contributed by atoms with Crippen molar-refractivity contribution in [3.63, 3.8) is 0 Å². The van der Waals surface area contributed by atoms with Gasteiger partial charge in [-0.15, -0.1) is 0 Å². The van der Waals surface area contributed by atoms with Crippen LogP contribution in [0.15, 0.2) is 0 Å². The summed E-state index contributed by atoms with van der Waals surface area (Å²) in [6.07, 6.45) is -0.926. The van der Waals surface area contributed by atoms with Crippen molar-refractivity contribution in [2.45, 2.75) is 13.1 Å². The monoisotopic (exact) mass is 92.0 g/mol. The number of halogens is 1. The Morgan fingerprint density at radius 1 is 2.00 bits per heavy atom. The lowest BCUT2D eigenvalue weighted by molar-refractivity contribution is 0.465. The van der Waals surface area contributed by atoms with E-state index in [-0.39, 0.29) is 0 Å². The van der Waals surface area contributed by atoms with E-state index in [2.05, 4.69) is 12.2 Å². The highest BCUT2D eigenvalue weighted by Gasteiger charge is 1.81. The Labute approximate surface area is 36.0 Å². The van der Waals surface area contributed by atoms with Crippen molar-refractivity contribution >= 4 is 17.6 Å². The summed E-state index contributed by atoms with van der Waals surface area (Å²) >= 11 is 4.18. The van der Waals surface area contributed by atoms with Crippen LogP contribution < -0.4 is 0 Å². The lowest BCUT2D eigenvalue weighted by Crippen LogP contribution is -1.86. The molecule has 5 heavy (non-hydrogen) atoms.